The third kappa shape index (κ3) is 4.77. The van der Waals surface area contributed by atoms with Gasteiger partial charge in [-0.15, -0.1) is 0 Å². The SMILES string of the molecule is O=C([C@H]1COc2ccccc2O1)N1CCC(N2CCN(c3ccc(C(F)(F)F)cn3)CC2)CC1. The van der Waals surface area contributed by atoms with E-state index in [9.17, 15) is 18.0 Å². The average Bonchev–Trinajstić information content (AvgIpc) is 2.88. The maximum absolute atomic E-state index is 13.0. The van der Waals surface area contributed by atoms with Gasteiger partial charge >= 0.3 is 6.18 Å². The quantitative estimate of drug-likeness (QED) is 0.679. The highest BCUT2D eigenvalue weighted by Gasteiger charge is 2.35. The molecule has 0 aliphatic carbocycles. The number of piperidine rings is 1. The Bertz CT molecular complexity index is 1000. The van der Waals surface area contributed by atoms with Crippen LogP contribution in [0.15, 0.2) is 42.6 Å². The predicted molar refractivity (Wildman–Crippen MR) is 119 cm³/mol. The van der Waals surface area contributed by atoms with E-state index in [2.05, 4.69) is 9.88 Å². The molecule has 1 amide bonds. The summed E-state index contributed by atoms with van der Waals surface area (Å²) in [5, 5.41) is 0. The number of ether oxygens (including phenoxy) is 2. The van der Waals surface area contributed by atoms with Crippen molar-refractivity contribution in [2.75, 3.05) is 50.8 Å². The van der Waals surface area contributed by atoms with Crippen LogP contribution in [0, 0.1) is 0 Å². The highest BCUT2D eigenvalue weighted by molar-refractivity contribution is 5.82. The minimum atomic E-state index is -4.37. The lowest BCUT2D eigenvalue weighted by Crippen LogP contribution is -2.55. The Hall–Kier alpha value is -3.01. The molecular formula is C24H27F3N4O3. The first-order valence-electron chi connectivity index (χ1n) is 11.6. The van der Waals surface area contributed by atoms with Crippen LogP contribution in [0.5, 0.6) is 11.5 Å². The average molecular weight is 476 g/mol. The third-order valence-electron chi connectivity index (χ3n) is 6.79. The number of likely N-dealkylation sites (tertiary alicyclic amines) is 1. The number of nitrogens with zero attached hydrogens (tertiary/aromatic N) is 4. The molecule has 7 nitrogen and oxygen atoms in total. The van der Waals surface area contributed by atoms with Crippen LogP contribution in [-0.4, -0.2) is 78.7 Å². The number of para-hydroxylation sites is 2. The summed E-state index contributed by atoms with van der Waals surface area (Å²) in [6.07, 6.45) is -2.33. The molecule has 0 unspecified atom stereocenters. The number of hydrogen-bond acceptors (Lipinski definition) is 6. The number of aromatic nitrogens is 1. The molecule has 34 heavy (non-hydrogen) atoms. The van der Waals surface area contributed by atoms with Crippen molar-refractivity contribution in [1.82, 2.24) is 14.8 Å². The van der Waals surface area contributed by atoms with Gasteiger partial charge in [0.05, 0.1) is 5.56 Å². The first-order valence-corrected chi connectivity index (χ1v) is 11.6. The Balaban J connectivity index is 1.09. The number of anilines is 1. The maximum atomic E-state index is 13.0. The topological polar surface area (TPSA) is 58.1 Å². The Morgan fingerprint density at radius 2 is 1.65 bits per heavy atom. The molecule has 1 aromatic heterocycles. The van der Waals surface area contributed by atoms with E-state index < -0.39 is 17.8 Å². The van der Waals surface area contributed by atoms with Crippen LogP contribution in [0.1, 0.15) is 18.4 Å². The molecule has 0 spiro atoms. The van der Waals surface area contributed by atoms with Gasteiger partial charge in [0.2, 0.25) is 6.10 Å². The van der Waals surface area contributed by atoms with E-state index in [4.69, 9.17) is 9.47 Å². The van der Waals surface area contributed by atoms with Crippen LogP contribution in [-0.2, 0) is 11.0 Å². The number of carbonyl (C=O) groups excluding carboxylic acids is 1. The second kappa shape index (κ2) is 9.32. The number of rotatable bonds is 3. The third-order valence-corrected chi connectivity index (χ3v) is 6.79. The van der Waals surface area contributed by atoms with Gasteiger partial charge in [-0.05, 0) is 37.1 Å². The van der Waals surface area contributed by atoms with Gasteiger partial charge in [-0.2, -0.15) is 13.2 Å². The number of carbonyl (C=O) groups is 1. The highest BCUT2D eigenvalue weighted by Crippen LogP contribution is 2.32. The Labute approximate surface area is 196 Å². The summed E-state index contributed by atoms with van der Waals surface area (Å²) >= 11 is 0. The van der Waals surface area contributed by atoms with Crippen LogP contribution in [0.25, 0.3) is 0 Å². The molecule has 0 radical (unpaired) electrons. The molecule has 10 heteroatoms. The predicted octanol–water partition coefficient (Wildman–Crippen LogP) is 3.05. The second-order valence-corrected chi connectivity index (χ2v) is 8.85. The van der Waals surface area contributed by atoms with Crippen molar-refractivity contribution in [3.8, 4) is 11.5 Å². The molecule has 2 aromatic rings. The molecule has 0 saturated carbocycles. The molecule has 1 aromatic carbocycles. The number of fused-ring (bicyclic) bond motifs is 1. The zero-order valence-electron chi connectivity index (χ0n) is 18.7. The molecule has 182 valence electrons. The second-order valence-electron chi connectivity index (χ2n) is 8.85. The van der Waals surface area contributed by atoms with Gasteiger partial charge in [0.1, 0.15) is 12.4 Å². The maximum Gasteiger partial charge on any atom is 0.417 e. The molecule has 3 aliphatic rings. The summed E-state index contributed by atoms with van der Waals surface area (Å²) in [7, 11) is 0. The van der Waals surface area contributed by atoms with Gasteiger partial charge in [-0.1, -0.05) is 12.1 Å². The monoisotopic (exact) mass is 476 g/mol. The van der Waals surface area contributed by atoms with Crippen molar-refractivity contribution < 1.29 is 27.4 Å². The highest BCUT2D eigenvalue weighted by atomic mass is 19.4. The number of halogens is 3. The van der Waals surface area contributed by atoms with Crippen molar-refractivity contribution in [3.63, 3.8) is 0 Å². The summed E-state index contributed by atoms with van der Waals surface area (Å²) in [4.78, 5) is 23.3. The summed E-state index contributed by atoms with van der Waals surface area (Å²) < 4.78 is 49.8. The first kappa shape index (κ1) is 22.8. The molecule has 2 fully saturated rings. The Morgan fingerprint density at radius 1 is 0.941 bits per heavy atom. The molecule has 1 atom stereocenters. The van der Waals surface area contributed by atoms with E-state index in [0.29, 0.717) is 49.5 Å². The van der Waals surface area contributed by atoms with Gasteiger partial charge in [0, 0.05) is 51.5 Å². The minimum absolute atomic E-state index is 0.0360. The fourth-order valence-electron chi connectivity index (χ4n) is 4.85. The summed E-state index contributed by atoms with van der Waals surface area (Å²) in [6, 6.07) is 10.3. The fourth-order valence-corrected chi connectivity index (χ4v) is 4.85. The standard InChI is InChI=1S/C24H27F3N4O3/c25-24(26,27)17-5-6-22(28-15-17)30-13-11-29(12-14-30)18-7-9-31(10-8-18)23(32)21-16-33-19-3-1-2-4-20(19)34-21/h1-6,15,18,21H,7-14,16H2/t21-/m1/s1. The van der Waals surface area contributed by atoms with E-state index in [1.54, 1.807) is 6.07 Å². The van der Waals surface area contributed by atoms with Gasteiger partial charge in [-0.25, -0.2) is 4.98 Å². The van der Waals surface area contributed by atoms with Gasteiger partial charge < -0.3 is 19.3 Å². The molecule has 0 N–H and O–H groups in total. The van der Waals surface area contributed by atoms with Crippen molar-refractivity contribution >= 4 is 11.7 Å². The van der Waals surface area contributed by atoms with Crippen LogP contribution in [0.4, 0.5) is 19.0 Å². The molecule has 0 bridgehead atoms. The Morgan fingerprint density at radius 3 is 2.29 bits per heavy atom. The summed E-state index contributed by atoms with van der Waals surface area (Å²) in [6.45, 7) is 4.62. The molecule has 4 heterocycles. The normalized spacial score (nSPS) is 22.0. The van der Waals surface area contributed by atoms with Crippen molar-refractivity contribution in [2.45, 2.75) is 31.2 Å². The van der Waals surface area contributed by atoms with Crippen LogP contribution >= 0.6 is 0 Å². The fraction of sp³-hybridized carbons (Fsp3) is 0.500. The van der Waals surface area contributed by atoms with Crippen LogP contribution < -0.4 is 14.4 Å². The summed E-state index contributed by atoms with van der Waals surface area (Å²) in [5.41, 5.74) is -0.731. The van der Waals surface area contributed by atoms with Crippen molar-refractivity contribution in [3.05, 3.63) is 48.2 Å². The van der Waals surface area contributed by atoms with Crippen molar-refractivity contribution in [2.24, 2.45) is 0 Å². The number of pyridine rings is 1. The lowest BCUT2D eigenvalue weighted by molar-refractivity contribution is -0.143. The van der Waals surface area contributed by atoms with Crippen LogP contribution in [0.2, 0.25) is 0 Å². The van der Waals surface area contributed by atoms with Gasteiger partial charge in [-0.3, -0.25) is 9.69 Å². The number of alkyl halides is 3. The van der Waals surface area contributed by atoms with Crippen molar-refractivity contribution in [1.29, 1.82) is 0 Å². The number of benzene rings is 1. The number of piperazine rings is 1. The smallest absolute Gasteiger partial charge is 0.417 e. The zero-order valence-corrected chi connectivity index (χ0v) is 18.7. The van der Waals surface area contributed by atoms with E-state index in [0.717, 1.165) is 38.2 Å². The Kier molecular flexibility index (Phi) is 6.24. The van der Waals surface area contributed by atoms with E-state index in [-0.39, 0.29) is 12.5 Å². The molecule has 2 saturated heterocycles. The lowest BCUT2D eigenvalue weighted by atomic mass is 10.0. The van der Waals surface area contributed by atoms with E-state index in [1.807, 2.05) is 28.0 Å². The van der Waals surface area contributed by atoms with E-state index >= 15 is 0 Å². The van der Waals surface area contributed by atoms with Crippen LogP contribution in [0.3, 0.4) is 0 Å². The largest absolute Gasteiger partial charge is 0.485 e. The number of hydrogen-bond donors (Lipinski definition) is 0. The molecule has 3 aliphatic heterocycles. The van der Waals surface area contributed by atoms with E-state index in [1.165, 1.54) is 6.07 Å². The minimum Gasteiger partial charge on any atom is -0.485 e. The number of amides is 1. The molecule has 5 rings (SSSR count). The van der Waals surface area contributed by atoms with Gasteiger partial charge in [0.25, 0.3) is 5.91 Å². The zero-order chi connectivity index (χ0) is 23.7. The first-order chi connectivity index (χ1) is 16.4. The lowest BCUT2D eigenvalue weighted by Gasteiger charge is -2.43. The summed E-state index contributed by atoms with van der Waals surface area (Å²) in [5.74, 6) is 1.80. The molecular weight excluding hydrogens is 449 g/mol. The van der Waals surface area contributed by atoms with Gasteiger partial charge in [0.15, 0.2) is 11.5 Å².